The zero-order valence-electron chi connectivity index (χ0n) is 12.6. The van der Waals surface area contributed by atoms with Crippen molar-refractivity contribution in [1.29, 1.82) is 0 Å². The monoisotopic (exact) mass is 334 g/mol. The van der Waals surface area contributed by atoms with Crippen molar-refractivity contribution in [3.63, 3.8) is 0 Å². The summed E-state index contributed by atoms with van der Waals surface area (Å²) in [4.78, 5) is 0. The van der Waals surface area contributed by atoms with Crippen molar-refractivity contribution < 1.29 is 9.53 Å². The van der Waals surface area contributed by atoms with Gasteiger partial charge in [-0.15, -0.1) is 0 Å². The molecule has 0 heterocycles. The van der Waals surface area contributed by atoms with Crippen molar-refractivity contribution in [3.05, 3.63) is 33.8 Å². The standard InChI is InChI=1S/C15H24Cl2O2Si/c1-5-6-7-14(19-20(2,3)4)15(18)12-9-8-11(16)10-13(12)17/h8-10,14-15,18H,5-7H2,1-4H3/t14?,15-/m0/s1. The normalized spacial score (nSPS) is 15.2. The summed E-state index contributed by atoms with van der Waals surface area (Å²) < 4.78 is 6.14. The van der Waals surface area contributed by atoms with Gasteiger partial charge < -0.3 is 9.53 Å². The van der Waals surface area contributed by atoms with E-state index in [9.17, 15) is 5.11 Å². The molecule has 20 heavy (non-hydrogen) atoms. The van der Waals surface area contributed by atoms with E-state index in [1.54, 1.807) is 18.2 Å². The first-order valence-electron chi connectivity index (χ1n) is 7.05. The predicted octanol–water partition coefficient (Wildman–Crippen LogP) is 5.44. The molecule has 5 heteroatoms. The van der Waals surface area contributed by atoms with Gasteiger partial charge >= 0.3 is 0 Å². The maximum Gasteiger partial charge on any atom is 0.184 e. The zero-order valence-corrected chi connectivity index (χ0v) is 15.1. The molecule has 0 aliphatic carbocycles. The second-order valence-electron chi connectivity index (χ2n) is 6.02. The summed E-state index contributed by atoms with van der Waals surface area (Å²) in [6.07, 6.45) is 2.02. The Morgan fingerprint density at radius 3 is 2.40 bits per heavy atom. The Labute approximate surface area is 133 Å². The van der Waals surface area contributed by atoms with Crippen LogP contribution in [0, 0.1) is 0 Å². The summed E-state index contributed by atoms with van der Waals surface area (Å²) in [7, 11) is -1.72. The van der Waals surface area contributed by atoms with Crippen LogP contribution >= 0.6 is 23.2 Å². The van der Waals surface area contributed by atoms with E-state index in [1.807, 2.05) is 0 Å². The Hall–Kier alpha value is -0.0631. The van der Waals surface area contributed by atoms with Gasteiger partial charge in [-0.25, -0.2) is 0 Å². The number of rotatable bonds is 7. The van der Waals surface area contributed by atoms with E-state index in [1.165, 1.54) is 0 Å². The molecule has 1 rings (SSSR count). The van der Waals surface area contributed by atoms with E-state index < -0.39 is 14.4 Å². The molecular weight excluding hydrogens is 311 g/mol. The van der Waals surface area contributed by atoms with E-state index in [0.717, 1.165) is 19.3 Å². The van der Waals surface area contributed by atoms with Crippen LogP contribution in [0.15, 0.2) is 18.2 Å². The Bertz CT molecular complexity index is 432. The first kappa shape index (κ1) is 18.0. The summed E-state index contributed by atoms with van der Waals surface area (Å²) >= 11 is 12.1. The van der Waals surface area contributed by atoms with Crippen LogP contribution in [0.3, 0.4) is 0 Å². The molecule has 0 amide bonds. The molecule has 0 radical (unpaired) electrons. The van der Waals surface area contributed by atoms with E-state index >= 15 is 0 Å². The molecule has 1 aromatic rings. The lowest BCUT2D eigenvalue weighted by Gasteiger charge is -2.30. The molecule has 2 nitrogen and oxygen atoms in total. The molecule has 2 atom stereocenters. The summed E-state index contributed by atoms with van der Waals surface area (Å²) in [5, 5.41) is 11.7. The van der Waals surface area contributed by atoms with Crippen LogP contribution in [-0.4, -0.2) is 19.5 Å². The minimum absolute atomic E-state index is 0.208. The highest BCUT2D eigenvalue weighted by atomic mass is 35.5. The number of hydrogen-bond donors (Lipinski definition) is 1. The third kappa shape index (κ3) is 5.74. The predicted molar refractivity (Wildman–Crippen MR) is 89.2 cm³/mol. The summed E-state index contributed by atoms with van der Waals surface area (Å²) in [6, 6.07) is 5.19. The molecule has 1 N–H and O–H groups in total. The first-order valence-corrected chi connectivity index (χ1v) is 11.2. The molecule has 0 aliphatic heterocycles. The summed E-state index contributed by atoms with van der Waals surface area (Å²) in [6.45, 7) is 8.51. The summed E-state index contributed by atoms with van der Waals surface area (Å²) in [5.74, 6) is 0. The maximum absolute atomic E-state index is 10.6. The molecule has 0 aromatic heterocycles. The fourth-order valence-corrected chi connectivity index (χ4v) is 3.76. The third-order valence-corrected chi connectivity index (χ3v) is 4.55. The number of aliphatic hydroxyl groups excluding tert-OH is 1. The number of benzene rings is 1. The van der Waals surface area contributed by atoms with Crippen molar-refractivity contribution in [2.24, 2.45) is 0 Å². The van der Waals surface area contributed by atoms with Crippen LogP contribution in [0.1, 0.15) is 37.9 Å². The van der Waals surface area contributed by atoms with Crippen molar-refractivity contribution in [2.75, 3.05) is 0 Å². The van der Waals surface area contributed by atoms with Crippen LogP contribution in [0.5, 0.6) is 0 Å². The SMILES string of the molecule is CCCCC(O[Si](C)(C)C)[C@@H](O)c1ccc(Cl)cc1Cl. The lowest BCUT2D eigenvalue weighted by Crippen LogP contribution is -2.35. The number of unbranched alkanes of at least 4 members (excludes halogenated alkanes) is 1. The topological polar surface area (TPSA) is 29.5 Å². The van der Waals surface area contributed by atoms with Gasteiger partial charge in [-0.1, -0.05) is 49.0 Å². The van der Waals surface area contributed by atoms with Crippen molar-refractivity contribution in [2.45, 2.75) is 58.0 Å². The van der Waals surface area contributed by atoms with Crippen LogP contribution in [0.2, 0.25) is 29.7 Å². The first-order chi connectivity index (χ1) is 9.24. The van der Waals surface area contributed by atoms with Crippen molar-refractivity contribution >= 4 is 31.5 Å². The Balaban J connectivity index is 2.93. The van der Waals surface area contributed by atoms with Gasteiger partial charge in [-0.05, 0) is 38.2 Å². The van der Waals surface area contributed by atoms with E-state index in [-0.39, 0.29) is 6.10 Å². The van der Waals surface area contributed by atoms with Gasteiger partial charge in [0, 0.05) is 15.6 Å². The molecule has 0 aliphatic rings. The fourth-order valence-electron chi connectivity index (χ4n) is 2.08. The average Bonchev–Trinajstić information content (AvgIpc) is 2.32. The lowest BCUT2D eigenvalue weighted by atomic mass is 10.0. The van der Waals surface area contributed by atoms with Crippen LogP contribution < -0.4 is 0 Å². The Morgan fingerprint density at radius 1 is 1.25 bits per heavy atom. The highest BCUT2D eigenvalue weighted by Gasteiger charge is 2.28. The minimum atomic E-state index is -1.72. The van der Waals surface area contributed by atoms with Gasteiger partial charge in [-0.2, -0.15) is 0 Å². The smallest absolute Gasteiger partial charge is 0.184 e. The quantitative estimate of drug-likeness (QED) is 0.673. The lowest BCUT2D eigenvalue weighted by molar-refractivity contribution is 0.0242. The molecule has 0 saturated carbocycles. The Morgan fingerprint density at radius 2 is 1.90 bits per heavy atom. The molecule has 0 spiro atoms. The largest absolute Gasteiger partial charge is 0.412 e. The van der Waals surface area contributed by atoms with E-state index in [0.29, 0.717) is 15.6 Å². The highest BCUT2D eigenvalue weighted by molar-refractivity contribution is 6.69. The van der Waals surface area contributed by atoms with Gasteiger partial charge in [0.15, 0.2) is 8.32 Å². The molecule has 114 valence electrons. The minimum Gasteiger partial charge on any atom is -0.412 e. The van der Waals surface area contributed by atoms with Crippen LogP contribution in [0.4, 0.5) is 0 Å². The third-order valence-electron chi connectivity index (χ3n) is 2.98. The van der Waals surface area contributed by atoms with Crippen LogP contribution in [0.25, 0.3) is 0 Å². The maximum atomic E-state index is 10.6. The average molecular weight is 335 g/mol. The second kappa shape index (κ2) is 7.81. The molecular formula is C15H24Cl2O2Si. The van der Waals surface area contributed by atoms with Gasteiger partial charge in [0.05, 0.1) is 6.10 Å². The van der Waals surface area contributed by atoms with E-state index in [4.69, 9.17) is 27.6 Å². The molecule has 0 fully saturated rings. The second-order valence-corrected chi connectivity index (χ2v) is 11.3. The molecule has 1 unspecified atom stereocenters. The van der Waals surface area contributed by atoms with Crippen molar-refractivity contribution in [3.8, 4) is 0 Å². The number of aliphatic hydroxyl groups is 1. The van der Waals surface area contributed by atoms with E-state index in [2.05, 4.69) is 26.6 Å². The number of hydrogen-bond acceptors (Lipinski definition) is 2. The number of halogens is 2. The van der Waals surface area contributed by atoms with Gasteiger partial charge in [0.25, 0.3) is 0 Å². The van der Waals surface area contributed by atoms with Crippen molar-refractivity contribution in [1.82, 2.24) is 0 Å². The van der Waals surface area contributed by atoms with Gasteiger partial charge in [-0.3, -0.25) is 0 Å². The zero-order chi connectivity index (χ0) is 15.3. The van der Waals surface area contributed by atoms with Gasteiger partial charge in [0.2, 0.25) is 0 Å². The fraction of sp³-hybridized carbons (Fsp3) is 0.600. The highest BCUT2D eigenvalue weighted by Crippen LogP contribution is 2.32. The molecule has 0 bridgehead atoms. The Kier molecular flexibility index (Phi) is 7.02. The molecule has 1 aromatic carbocycles. The summed E-state index contributed by atoms with van der Waals surface area (Å²) in [5.41, 5.74) is 0.690. The van der Waals surface area contributed by atoms with Gasteiger partial charge in [0.1, 0.15) is 6.10 Å². The molecule has 0 saturated heterocycles. The van der Waals surface area contributed by atoms with Crippen LogP contribution in [-0.2, 0) is 4.43 Å².